The molecule has 6 nitrogen and oxygen atoms in total. The quantitative estimate of drug-likeness (QED) is 0.835. The van der Waals surface area contributed by atoms with Crippen LogP contribution in [0.15, 0.2) is 54.2 Å². The average molecular weight is 401 g/mol. The van der Waals surface area contributed by atoms with Crippen molar-refractivity contribution >= 4 is 17.2 Å². The molecule has 3 aliphatic rings. The second-order valence-electron chi connectivity index (χ2n) is 7.49. The Labute approximate surface area is 172 Å². The van der Waals surface area contributed by atoms with E-state index in [1.807, 2.05) is 22.4 Å². The molecule has 5 rings (SSSR count). The molecule has 3 atom stereocenters. The Morgan fingerprint density at radius 2 is 2.43 bits per heavy atom. The van der Waals surface area contributed by atoms with E-state index in [4.69, 9.17) is 9.72 Å². The van der Waals surface area contributed by atoms with Crippen LogP contribution >= 0.6 is 11.3 Å². The van der Waals surface area contributed by atoms with Crippen LogP contribution < -0.4 is 10.1 Å². The number of aromatic nitrogens is 2. The van der Waals surface area contributed by atoms with Gasteiger partial charge in [-0.05, 0) is 24.5 Å². The van der Waals surface area contributed by atoms with Gasteiger partial charge >= 0.3 is 0 Å². The highest BCUT2D eigenvalue weighted by molar-refractivity contribution is 7.10. The van der Waals surface area contributed by atoms with E-state index in [-0.39, 0.29) is 21.6 Å². The first kappa shape index (κ1) is 17.6. The minimum absolute atomic E-state index is 0. The van der Waals surface area contributed by atoms with Crippen molar-refractivity contribution in [3.05, 3.63) is 64.9 Å². The van der Waals surface area contributed by atoms with E-state index in [1.165, 1.54) is 0 Å². The molecule has 2 aromatic rings. The van der Waals surface area contributed by atoms with Crippen LogP contribution in [0.25, 0.3) is 0 Å². The van der Waals surface area contributed by atoms with Crippen molar-refractivity contribution in [1.82, 2.24) is 20.2 Å². The van der Waals surface area contributed by atoms with Crippen LogP contribution in [0.1, 0.15) is 26.2 Å². The summed E-state index contributed by atoms with van der Waals surface area (Å²) in [5.41, 5.74) is 0.584. The monoisotopic (exact) mass is 400 g/mol. The summed E-state index contributed by atoms with van der Waals surface area (Å²) in [6.07, 6.45) is 13.2. The zero-order valence-electron chi connectivity index (χ0n) is 15.5. The number of fused-ring (bicyclic) bond motifs is 1. The van der Waals surface area contributed by atoms with Crippen molar-refractivity contribution in [3.63, 3.8) is 0 Å². The normalized spacial score (nSPS) is 28.1. The number of carbonyl (C=O) groups is 1. The Morgan fingerprint density at radius 3 is 3.29 bits per heavy atom. The minimum atomic E-state index is -0.0315. The summed E-state index contributed by atoms with van der Waals surface area (Å²) < 4.78 is 5.85. The zero-order valence-corrected chi connectivity index (χ0v) is 16.3. The molecule has 0 spiro atoms. The van der Waals surface area contributed by atoms with Gasteiger partial charge in [-0.15, -0.1) is 11.3 Å². The Morgan fingerprint density at radius 1 is 1.46 bits per heavy atom. The van der Waals surface area contributed by atoms with Crippen molar-refractivity contribution in [2.75, 3.05) is 26.2 Å². The molecule has 1 amide bonds. The lowest BCUT2D eigenvalue weighted by Gasteiger charge is -2.35. The Kier molecular flexibility index (Phi) is 4.49. The summed E-state index contributed by atoms with van der Waals surface area (Å²) in [5, 5.41) is 6.32. The predicted octanol–water partition coefficient (Wildman–Crippen LogP) is 3.15. The molecule has 1 N–H and O–H groups in total. The van der Waals surface area contributed by atoms with Gasteiger partial charge in [0.2, 0.25) is 0 Å². The molecule has 7 heteroatoms. The first-order chi connectivity index (χ1) is 13.8. The average Bonchev–Trinajstić information content (AvgIpc) is 3.30. The second kappa shape index (κ2) is 7.14. The Balaban J connectivity index is 0.00000114. The van der Waals surface area contributed by atoms with Gasteiger partial charge in [-0.2, -0.15) is 0 Å². The van der Waals surface area contributed by atoms with E-state index in [1.54, 1.807) is 23.7 Å². The molecule has 1 saturated heterocycles. The van der Waals surface area contributed by atoms with E-state index in [0.717, 1.165) is 18.0 Å². The summed E-state index contributed by atoms with van der Waals surface area (Å²) in [6, 6.07) is 3.68. The smallest absolute Gasteiger partial charge is 0.273 e. The molecule has 1 saturated carbocycles. The topological polar surface area (TPSA) is 67.4 Å². The molecule has 2 aromatic heterocycles. The Hall–Kier alpha value is -2.51. The largest absolute Gasteiger partial charge is 0.490 e. The van der Waals surface area contributed by atoms with Gasteiger partial charge in [0.15, 0.2) is 0 Å². The number of nitrogens with one attached hydrogen (secondary N) is 1. The first-order valence-corrected chi connectivity index (χ1v) is 10.5. The van der Waals surface area contributed by atoms with Crippen LogP contribution in [0.2, 0.25) is 0 Å². The first-order valence-electron chi connectivity index (χ1n) is 9.63. The fourth-order valence-corrected chi connectivity index (χ4v) is 5.06. The van der Waals surface area contributed by atoms with Crippen LogP contribution in [0, 0.1) is 5.92 Å². The number of thiazole rings is 1. The van der Waals surface area contributed by atoms with Crippen molar-refractivity contribution in [3.8, 4) is 5.75 Å². The molecular weight excluding hydrogens is 372 g/mol. The lowest BCUT2D eigenvalue weighted by molar-refractivity contribution is 0.0554. The fraction of sp³-hybridized carbons (Fsp3) is 0.381. The van der Waals surface area contributed by atoms with Crippen molar-refractivity contribution in [1.29, 1.82) is 0 Å². The van der Waals surface area contributed by atoms with E-state index in [9.17, 15) is 4.79 Å². The van der Waals surface area contributed by atoms with Crippen LogP contribution in [-0.4, -0.2) is 53.1 Å². The number of piperazine rings is 1. The lowest BCUT2D eigenvalue weighted by Crippen LogP contribution is -2.56. The molecule has 0 radical (unpaired) electrons. The van der Waals surface area contributed by atoms with Crippen LogP contribution in [0.4, 0.5) is 0 Å². The summed E-state index contributed by atoms with van der Waals surface area (Å²) in [6.45, 7) is 2.58. The van der Waals surface area contributed by atoms with Gasteiger partial charge in [0.25, 0.3) is 5.91 Å². The highest BCUT2D eigenvalue weighted by Gasteiger charge is 2.55. The number of nitrogens with zero attached hydrogens (tertiary/aromatic N) is 3. The highest BCUT2D eigenvalue weighted by atomic mass is 32.1. The minimum Gasteiger partial charge on any atom is -0.490 e. The second-order valence-corrected chi connectivity index (χ2v) is 8.35. The SMILES string of the molecule is O=C(c1csc(C23C=CC=CC2C3)n1)N1CCNCC1COc1cccnc1.[HH].[HH].[HH]. The maximum atomic E-state index is 13.2. The summed E-state index contributed by atoms with van der Waals surface area (Å²) >= 11 is 1.60. The zero-order chi connectivity index (χ0) is 19.0. The van der Waals surface area contributed by atoms with Crippen molar-refractivity contribution < 1.29 is 13.8 Å². The van der Waals surface area contributed by atoms with Gasteiger partial charge in [0.1, 0.15) is 23.1 Å². The Bertz CT molecular complexity index is 940. The van der Waals surface area contributed by atoms with Crippen molar-refractivity contribution in [2.45, 2.75) is 17.9 Å². The molecule has 2 fully saturated rings. The van der Waals surface area contributed by atoms with E-state index in [2.05, 4.69) is 34.6 Å². The highest BCUT2D eigenvalue weighted by Crippen LogP contribution is 2.58. The van der Waals surface area contributed by atoms with Gasteiger partial charge in [0.05, 0.1) is 12.2 Å². The van der Waals surface area contributed by atoms with Gasteiger partial charge < -0.3 is 15.0 Å². The molecule has 0 bridgehead atoms. The van der Waals surface area contributed by atoms with Gasteiger partial charge in [-0.25, -0.2) is 4.98 Å². The van der Waals surface area contributed by atoms with Crippen molar-refractivity contribution in [2.24, 2.45) is 5.92 Å². The fourth-order valence-electron chi connectivity index (χ4n) is 4.01. The van der Waals surface area contributed by atoms with Gasteiger partial charge in [-0.1, -0.05) is 24.3 Å². The number of hydrogen-bond donors (Lipinski definition) is 1. The third kappa shape index (κ3) is 3.14. The number of pyridine rings is 1. The maximum Gasteiger partial charge on any atom is 0.273 e. The number of allylic oxidation sites excluding steroid dienone is 4. The van der Waals surface area contributed by atoms with Crippen LogP contribution in [0.5, 0.6) is 5.75 Å². The molecule has 28 heavy (non-hydrogen) atoms. The molecule has 0 aromatic carbocycles. The molecule has 2 aliphatic carbocycles. The predicted molar refractivity (Wildman–Crippen MR) is 114 cm³/mol. The van der Waals surface area contributed by atoms with E-state index < -0.39 is 0 Å². The number of carbonyl (C=O) groups excluding carboxylic acids is 1. The van der Waals surface area contributed by atoms with Gasteiger partial charge in [0, 0.05) is 40.9 Å². The van der Waals surface area contributed by atoms with Crippen LogP contribution in [0.3, 0.4) is 0 Å². The molecule has 1 aliphatic heterocycles. The molecule has 3 unspecified atom stereocenters. The summed E-state index contributed by atoms with van der Waals surface area (Å²) in [4.78, 5) is 23.9. The van der Waals surface area contributed by atoms with E-state index in [0.29, 0.717) is 37.1 Å². The molecule has 3 heterocycles. The standard InChI is InChI=1S/C21H22N4O2S.3H2/c26-19(18-14-28-20(24-18)21-6-2-1-4-15(21)10-21)25-9-8-23-11-16(25)13-27-17-5-3-7-22-12-17;;;/h1-7,12,14-16,23H,8-11,13H2;3*1H. The third-order valence-electron chi connectivity index (χ3n) is 5.72. The molecular formula is C21H28N4O2S. The van der Waals surface area contributed by atoms with Crippen LogP contribution in [-0.2, 0) is 5.41 Å². The summed E-state index contributed by atoms with van der Waals surface area (Å²) in [7, 11) is 0. The maximum absolute atomic E-state index is 13.2. The number of amides is 1. The number of hydrogen-bond acceptors (Lipinski definition) is 6. The lowest BCUT2D eigenvalue weighted by atomic mass is 10.0. The molecule has 150 valence electrons. The van der Waals surface area contributed by atoms with Gasteiger partial charge in [-0.3, -0.25) is 9.78 Å². The number of ether oxygens (including phenoxy) is 1. The van der Waals surface area contributed by atoms with E-state index >= 15 is 0 Å². The summed E-state index contributed by atoms with van der Waals surface area (Å²) in [5.74, 6) is 1.24. The number of rotatable bonds is 5. The third-order valence-corrected chi connectivity index (χ3v) is 6.75.